The maximum absolute atomic E-state index is 11.8. The van der Waals surface area contributed by atoms with Gasteiger partial charge in [-0.2, -0.15) is 0 Å². The number of hydrogen-bond acceptors (Lipinski definition) is 4. The van der Waals surface area contributed by atoms with Crippen LogP contribution in [0.3, 0.4) is 0 Å². The number of nitrogens with two attached hydrogens (primary N) is 1. The number of anilines is 1. The van der Waals surface area contributed by atoms with E-state index in [1.807, 2.05) is 19.1 Å². The van der Waals surface area contributed by atoms with Crippen LogP contribution in [0.5, 0.6) is 0 Å². The lowest BCUT2D eigenvalue weighted by atomic mass is 10.0. The van der Waals surface area contributed by atoms with Gasteiger partial charge in [-0.1, -0.05) is 12.1 Å². The first kappa shape index (κ1) is 16.5. The van der Waals surface area contributed by atoms with Crippen LogP contribution >= 0.6 is 0 Å². The number of amides is 1. The molecule has 0 radical (unpaired) electrons. The molecule has 5 heteroatoms. The molecule has 0 saturated heterocycles. The zero-order valence-corrected chi connectivity index (χ0v) is 12.6. The monoisotopic (exact) mass is 280 g/mol. The lowest BCUT2D eigenvalue weighted by molar-refractivity contribution is 0.0635. The van der Waals surface area contributed by atoms with E-state index in [1.54, 1.807) is 26.8 Å². The predicted molar refractivity (Wildman–Crippen MR) is 79.7 cm³/mol. The molecule has 0 spiro atoms. The fourth-order valence-electron chi connectivity index (χ4n) is 1.72. The van der Waals surface area contributed by atoms with Gasteiger partial charge in [0.2, 0.25) is 0 Å². The molecule has 5 nitrogen and oxygen atoms in total. The Kier molecular flexibility index (Phi) is 5.53. The number of nitrogens with one attached hydrogen (secondary N) is 1. The Hall–Kier alpha value is -1.59. The number of aliphatic hydroxyl groups excluding tert-OH is 1. The predicted octanol–water partition coefficient (Wildman–Crippen LogP) is 2.72. The number of benzene rings is 1. The number of ether oxygens (including phenoxy) is 1. The van der Waals surface area contributed by atoms with Gasteiger partial charge in [0, 0.05) is 5.69 Å². The highest BCUT2D eigenvalue weighted by molar-refractivity contribution is 5.86. The second-order valence-corrected chi connectivity index (χ2v) is 5.79. The minimum atomic E-state index is -0.625. The summed E-state index contributed by atoms with van der Waals surface area (Å²) in [6.07, 6.45) is -0.652. The van der Waals surface area contributed by atoms with E-state index < -0.39 is 17.8 Å². The first-order valence-electron chi connectivity index (χ1n) is 6.71. The molecule has 20 heavy (non-hydrogen) atoms. The number of hydrogen-bond donors (Lipinski definition) is 3. The topological polar surface area (TPSA) is 84.6 Å². The van der Waals surface area contributed by atoms with Crippen LogP contribution in [0.2, 0.25) is 0 Å². The highest BCUT2D eigenvalue weighted by Gasteiger charge is 2.17. The largest absolute Gasteiger partial charge is 0.444 e. The molecule has 0 aliphatic carbocycles. The van der Waals surface area contributed by atoms with Crippen molar-refractivity contribution in [3.63, 3.8) is 0 Å². The molecular formula is C15H24N2O3. The Bertz CT molecular complexity index is 467. The Labute approximate surface area is 120 Å². The molecule has 0 bridgehead atoms. The number of rotatable bonds is 4. The van der Waals surface area contributed by atoms with Gasteiger partial charge in [0.05, 0.1) is 6.10 Å². The van der Waals surface area contributed by atoms with Crippen molar-refractivity contribution in [1.29, 1.82) is 0 Å². The zero-order chi connectivity index (χ0) is 15.3. The SMILES string of the molecule is Cc1ccc([C@@H](O)CCN)cc1NC(=O)OC(C)(C)C. The zero-order valence-electron chi connectivity index (χ0n) is 12.6. The van der Waals surface area contributed by atoms with Crippen LogP contribution < -0.4 is 11.1 Å². The maximum atomic E-state index is 11.8. The summed E-state index contributed by atoms with van der Waals surface area (Å²) in [6.45, 7) is 7.71. The summed E-state index contributed by atoms with van der Waals surface area (Å²) in [5.41, 5.74) is 7.15. The standard InChI is InChI=1S/C15H24N2O3/c1-10-5-6-11(13(18)7-8-16)9-12(10)17-14(19)20-15(2,3)4/h5-6,9,13,18H,7-8,16H2,1-4H3,(H,17,19)/t13-/m0/s1. The number of aryl methyl sites for hydroxylation is 1. The normalized spacial score (nSPS) is 12.9. The van der Waals surface area contributed by atoms with Crippen molar-refractivity contribution in [3.05, 3.63) is 29.3 Å². The highest BCUT2D eigenvalue weighted by Crippen LogP contribution is 2.23. The van der Waals surface area contributed by atoms with E-state index in [4.69, 9.17) is 10.5 Å². The number of aliphatic hydroxyl groups is 1. The van der Waals surface area contributed by atoms with Crippen LogP contribution in [0.25, 0.3) is 0 Å². The molecule has 1 amide bonds. The third kappa shape index (κ3) is 5.19. The molecule has 1 aromatic rings. The number of carbonyl (C=O) groups is 1. The van der Waals surface area contributed by atoms with E-state index in [2.05, 4.69) is 5.32 Å². The van der Waals surface area contributed by atoms with Gasteiger partial charge < -0.3 is 15.6 Å². The Morgan fingerprint density at radius 2 is 2.10 bits per heavy atom. The van der Waals surface area contributed by atoms with Gasteiger partial charge in [0.15, 0.2) is 0 Å². The number of carbonyl (C=O) groups excluding carboxylic acids is 1. The lowest BCUT2D eigenvalue weighted by Gasteiger charge is -2.20. The first-order valence-corrected chi connectivity index (χ1v) is 6.71. The summed E-state index contributed by atoms with van der Waals surface area (Å²) in [5.74, 6) is 0. The summed E-state index contributed by atoms with van der Waals surface area (Å²) in [6, 6.07) is 5.43. The van der Waals surface area contributed by atoms with Crippen LogP contribution in [-0.2, 0) is 4.74 Å². The molecule has 0 saturated carbocycles. The van der Waals surface area contributed by atoms with Crippen molar-refractivity contribution in [2.45, 2.75) is 45.8 Å². The second-order valence-electron chi connectivity index (χ2n) is 5.79. The van der Waals surface area contributed by atoms with E-state index in [0.717, 1.165) is 11.1 Å². The van der Waals surface area contributed by atoms with Gasteiger partial charge in [0.25, 0.3) is 0 Å². The molecule has 112 valence electrons. The molecule has 1 aromatic carbocycles. The molecule has 0 unspecified atom stereocenters. The van der Waals surface area contributed by atoms with Crippen molar-refractivity contribution in [1.82, 2.24) is 0 Å². The second kappa shape index (κ2) is 6.72. The quantitative estimate of drug-likeness (QED) is 0.791. The van der Waals surface area contributed by atoms with E-state index in [0.29, 0.717) is 18.7 Å². The van der Waals surface area contributed by atoms with Crippen LogP contribution in [-0.4, -0.2) is 23.3 Å². The molecule has 1 rings (SSSR count). The molecule has 4 N–H and O–H groups in total. The summed E-state index contributed by atoms with van der Waals surface area (Å²) in [5, 5.41) is 12.6. The fourth-order valence-corrected chi connectivity index (χ4v) is 1.72. The van der Waals surface area contributed by atoms with Gasteiger partial charge in [-0.3, -0.25) is 5.32 Å². The van der Waals surface area contributed by atoms with Gasteiger partial charge in [-0.05, 0) is 57.9 Å². The summed E-state index contributed by atoms with van der Waals surface area (Å²) in [4.78, 5) is 11.8. The lowest BCUT2D eigenvalue weighted by Crippen LogP contribution is -2.27. The van der Waals surface area contributed by atoms with Crippen LogP contribution in [0.15, 0.2) is 18.2 Å². The molecule has 0 fully saturated rings. The first-order chi connectivity index (χ1) is 9.23. The van der Waals surface area contributed by atoms with Gasteiger partial charge in [-0.25, -0.2) is 4.79 Å². The average Bonchev–Trinajstić information content (AvgIpc) is 2.29. The van der Waals surface area contributed by atoms with Crippen molar-refractivity contribution in [2.24, 2.45) is 5.73 Å². The van der Waals surface area contributed by atoms with E-state index in [9.17, 15) is 9.90 Å². The Morgan fingerprint density at radius 3 is 2.65 bits per heavy atom. The van der Waals surface area contributed by atoms with Gasteiger partial charge in [0.1, 0.15) is 5.60 Å². The molecule has 0 heterocycles. The van der Waals surface area contributed by atoms with Crippen LogP contribution in [0.4, 0.5) is 10.5 Å². The smallest absolute Gasteiger partial charge is 0.412 e. The average molecular weight is 280 g/mol. The summed E-state index contributed by atoms with van der Waals surface area (Å²) >= 11 is 0. The molecule has 1 atom stereocenters. The van der Waals surface area contributed by atoms with Crippen molar-refractivity contribution in [2.75, 3.05) is 11.9 Å². The Balaban J connectivity index is 2.84. The molecule has 0 aliphatic heterocycles. The highest BCUT2D eigenvalue weighted by atomic mass is 16.6. The molecule has 0 aliphatic rings. The van der Waals surface area contributed by atoms with Crippen LogP contribution in [0.1, 0.15) is 44.4 Å². The van der Waals surface area contributed by atoms with Crippen LogP contribution in [0, 0.1) is 6.92 Å². The summed E-state index contributed by atoms with van der Waals surface area (Å²) < 4.78 is 5.21. The fraction of sp³-hybridized carbons (Fsp3) is 0.533. The third-order valence-electron chi connectivity index (χ3n) is 2.72. The molecular weight excluding hydrogens is 256 g/mol. The summed E-state index contributed by atoms with van der Waals surface area (Å²) in [7, 11) is 0. The van der Waals surface area contributed by atoms with E-state index in [1.165, 1.54) is 0 Å². The van der Waals surface area contributed by atoms with Crippen molar-refractivity contribution in [3.8, 4) is 0 Å². The van der Waals surface area contributed by atoms with Crippen molar-refractivity contribution >= 4 is 11.8 Å². The van der Waals surface area contributed by atoms with E-state index in [-0.39, 0.29) is 0 Å². The Morgan fingerprint density at radius 1 is 1.45 bits per heavy atom. The molecule has 0 aromatic heterocycles. The minimum Gasteiger partial charge on any atom is -0.444 e. The van der Waals surface area contributed by atoms with Gasteiger partial charge >= 0.3 is 6.09 Å². The van der Waals surface area contributed by atoms with Gasteiger partial charge in [-0.15, -0.1) is 0 Å². The van der Waals surface area contributed by atoms with E-state index >= 15 is 0 Å². The maximum Gasteiger partial charge on any atom is 0.412 e. The minimum absolute atomic E-state index is 0.407. The third-order valence-corrected chi connectivity index (χ3v) is 2.72. The van der Waals surface area contributed by atoms with Crippen molar-refractivity contribution < 1.29 is 14.6 Å².